The Bertz CT molecular complexity index is 3190. The minimum atomic E-state index is -2.36. The summed E-state index contributed by atoms with van der Waals surface area (Å²) >= 11 is 0. The number of pyridine rings is 3. The van der Waals surface area contributed by atoms with E-state index >= 15 is 0 Å². The van der Waals surface area contributed by atoms with Crippen LogP contribution in [0.5, 0.6) is 0 Å². The molecule has 60 heavy (non-hydrogen) atoms. The van der Waals surface area contributed by atoms with Crippen molar-refractivity contribution in [3.63, 3.8) is 0 Å². The Balaban J connectivity index is 0.000000248. The third-order valence-corrected chi connectivity index (χ3v) is 9.49. The van der Waals surface area contributed by atoms with Crippen LogP contribution in [-0.2, 0) is 44.6 Å². The molecule has 309 valence electrons. The van der Waals surface area contributed by atoms with Crippen molar-refractivity contribution < 1.29 is 41.0 Å². The number of furan rings is 1. The average molecular weight is 980 g/mol. The zero-order chi connectivity index (χ0) is 52.3. The van der Waals surface area contributed by atoms with Gasteiger partial charge < -0.3 is 14.4 Å². The van der Waals surface area contributed by atoms with Crippen LogP contribution in [0.1, 0.15) is 105 Å². The van der Waals surface area contributed by atoms with Crippen LogP contribution in [0.25, 0.3) is 55.7 Å². The van der Waals surface area contributed by atoms with Crippen LogP contribution < -0.4 is 0 Å². The Morgan fingerprint density at radius 2 is 1.37 bits per heavy atom. The van der Waals surface area contributed by atoms with Crippen LogP contribution in [-0.4, -0.2) is 15.0 Å². The molecule has 8 aromatic rings. The fraction of sp³-hybridized carbons (Fsp3) is 0.291. The van der Waals surface area contributed by atoms with Crippen molar-refractivity contribution in [3.8, 4) is 33.6 Å². The molecule has 0 aliphatic carbocycles. The molecule has 5 heteroatoms. The van der Waals surface area contributed by atoms with Gasteiger partial charge in [-0.3, -0.25) is 0 Å². The van der Waals surface area contributed by atoms with Crippen molar-refractivity contribution in [1.82, 2.24) is 15.0 Å². The number of benzene rings is 4. The molecule has 0 amide bonds. The first-order valence-corrected chi connectivity index (χ1v) is 19.7. The van der Waals surface area contributed by atoms with Gasteiger partial charge in [-0.05, 0) is 99.6 Å². The molecule has 0 N–H and O–H groups in total. The molecule has 4 aromatic heterocycles. The van der Waals surface area contributed by atoms with Gasteiger partial charge in [-0.1, -0.05) is 152 Å². The minimum Gasteiger partial charge on any atom is -0.486 e. The van der Waals surface area contributed by atoms with E-state index in [-0.39, 0.29) is 37.1 Å². The summed E-state index contributed by atoms with van der Waals surface area (Å²) in [6, 6.07) is 39.5. The van der Waals surface area contributed by atoms with E-state index in [9.17, 15) is 2.74 Å². The molecule has 0 saturated carbocycles. The smallest absolute Gasteiger partial charge is 0.216 e. The van der Waals surface area contributed by atoms with E-state index in [1.165, 1.54) is 12.1 Å². The number of hydrogen-bond donors (Lipinski definition) is 0. The molecule has 0 bridgehead atoms. The summed E-state index contributed by atoms with van der Waals surface area (Å²) in [6.07, 6.45) is -1.74. The largest absolute Gasteiger partial charge is 0.486 e. The molecule has 0 fully saturated rings. The molecule has 1 radical (unpaired) electrons. The standard InChI is InChI=1S/C32H33N2O.C23H24N.Ir/c1-21-10-15-26-25-8-7-9-27(29(25)35-30(26)34-21)28-18-24(16-17-33-28)32(5,6)20-23-13-11-22(12-14-23)19-31(2,3)4;1-17-10-12-20(14-21(17)19-8-6-5-7-9-19)22-13-11-18(16-24-22)15-23(2,3)4;/h7-8,10-18H,19-20H2,1-6H3;5-11,13-14,16H,15H2,1-4H3;/q2*-1;/i1D3,19D2,20D2;1D3,15D2;. The summed E-state index contributed by atoms with van der Waals surface area (Å²) < 4.78 is 105. The second-order valence-electron chi connectivity index (χ2n) is 17.2. The second-order valence-corrected chi connectivity index (χ2v) is 17.2. The maximum absolute atomic E-state index is 9.18. The van der Waals surface area contributed by atoms with Crippen LogP contribution in [0.15, 0.2) is 132 Å². The van der Waals surface area contributed by atoms with Gasteiger partial charge in [-0.2, -0.15) is 0 Å². The Kier molecular flexibility index (Phi) is 9.32. The van der Waals surface area contributed by atoms with Crippen molar-refractivity contribution in [2.45, 2.75) is 93.6 Å². The molecule has 0 aliphatic heterocycles. The van der Waals surface area contributed by atoms with Gasteiger partial charge in [-0.15, -0.1) is 47.5 Å². The quantitative estimate of drug-likeness (QED) is 0.142. The number of aromatic nitrogens is 3. The molecule has 0 spiro atoms. The van der Waals surface area contributed by atoms with Gasteiger partial charge in [0.2, 0.25) is 5.71 Å². The van der Waals surface area contributed by atoms with E-state index in [0.717, 1.165) is 10.9 Å². The van der Waals surface area contributed by atoms with E-state index < -0.39 is 49.1 Å². The van der Waals surface area contributed by atoms with Gasteiger partial charge in [0, 0.05) is 60.0 Å². The fourth-order valence-corrected chi connectivity index (χ4v) is 6.83. The molecule has 0 aliphatic rings. The van der Waals surface area contributed by atoms with Crippen LogP contribution in [0.4, 0.5) is 0 Å². The molecule has 4 heterocycles. The van der Waals surface area contributed by atoms with Crippen molar-refractivity contribution in [2.75, 3.05) is 0 Å². The fourth-order valence-electron chi connectivity index (χ4n) is 6.83. The first-order chi connectivity index (χ1) is 32.8. The number of aryl methyl sites for hydroxylation is 2. The van der Waals surface area contributed by atoms with Crippen molar-refractivity contribution in [3.05, 3.63) is 173 Å². The third kappa shape index (κ3) is 10.9. The SMILES string of the molecule is [2H]C([2H])([2H])c1c[c-]c(-c2ccc(C([2H])([2H])C(C)(C)C)cn2)cc1-c1ccccc1.[2H]C([2H])([2H])c1ccc2c(n1)oc1c(-c3cc(C(C)(C)C([2H])([2H])c4ccc(C([2H])([2H])C(C)(C)C)cc4)ccn3)[c-]ccc12.[Ir]. The van der Waals surface area contributed by atoms with E-state index in [0.29, 0.717) is 61.3 Å². The minimum absolute atomic E-state index is 0. The molecular formula is C55H57IrN3O-2. The Hall–Kier alpha value is -5.22. The van der Waals surface area contributed by atoms with E-state index in [1.54, 1.807) is 73.1 Å². The topological polar surface area (TPSA) is 51.8 Å². The summed E-state index contributed by atoms with van der Waals surface area (Å²) in [6.45, 7) is 10.2. The number of nitrogens with zero attached hydrogens (tertiary/aromatic N) is 3. The molecule has 0 atom stereocenters. The molecule has 4 nitrogen and oxygen atoms in total. The first-order valence-electron chi connectivity index (χ1n) is 25.7. The van der Waals surface area contributed by atoms with Crippen molar-refractivity contribution in [2.24, 2.45) is 10.8 Å². The summed E-state index contributed by atoms with van der Waals surface area (Å²) in [5.41, 5.74) is 4.67. The van der Waals surface area contributed by atoms with Crippen LogP contribution in [0.2, 0.25) is 0 Å². The van der Waals surface area contributed by atoms with Gasteiger partial charge >= 0.3 is 0 Å². The summed E-state index contributed by atoms with van der Waals surface area (Å²) in [5, 5.41) is 1.43. The molecule has 0 saturated heterocycles. The van der Waals surface area contributed by atoms with Crippen molar-refractivity contribution >= 4 is 22.1 Å². The van der Waals surface area contributed by atoms with E-state index in [4.69, 9.17) is 18.1 Å². The predicted molar refractivity (Wildman–Crippen MR) is 246 cm³/mol. The molecule has 0 unspecified atom stereocenters. The van der Waals surface area contributed by atoms with E-state index in [2.05, 4.69) is 27.1 Å². The maximum Gasteiger partial charge on any atom is 0.216 e. The number of fused-ring (bicyclic) bond motifs is 3. The van der Waals surface area contributed by atoms with Crippen molar-refractivity contribution in [1.29, 1.82) is 0 Å². The second kappa shape index (κ2) is 18.2. The first kappa shape index (κ1) is 30.8. The normalized spacial score (nSPS) is 16.0. The zero-order valence-corrected chi connectivity index (χ0v) is 37.6. The number of rotatable bonds is 8. The maximum atomic E-state index is 9.18. The third-order valence-electron chi connectivity index (χ3n) is 9.49. The number of hydrogen-bond acceptors (Lipinski definition) is 4. The predicted octanol–water partition coefficient (Wildman–Crippen LogP) is 14.4. The van der Waals surface area contributed by atoms with Gasteiger partial charge in [-0.25, -0.2) is 4.98 Å². The zero-order valence-electron chi connectivity index (χ0n) is 47.2. The van der Waals surface area contributed by atoms with Gasteiger partial charge in [0.25, 0.3) is 0 Å². The molecule has 8 rings (SSSR count). The van der Waals surface area contributed by atoms with Gasteiger partial charge in [0.05, 0.1) is 5.58 Å². The molecule has 4 aromatic carbocycles. The van der Waals surface area contributed by atoms with Crippen LogP contribution >= 0.6 is 0 Å². The van der Waals surface area contributed by atoms with Crippen LogP contribution in [0, 0.1) is 36.7 Å². The average Bonchev–Trinajstić information content (AvgIpc) is 3.69. The Morgan fingerprint density at radius 1 is 0.667 bits per heavy atom. The monoisotopic (exact) mass is 980 g/mol. The van der Waals surface area contributed by atoms with Crippen LogP contribution in [0.3, 0.4) is 0 Å². The summed E-state index contributed by atoms with van der Waals surface area (Å²) in [7, 11) is 0. The molecular weight excluding hydrogens is 911 g/mol. The van der Waals surface area contributed by atoms with E-state index in [1.807, 2.05) is 97.9 Å². The summed E-state index contributed by atoms with van der Waals surface area (Å²) in [4.78, 5) is 13.2. The Morgan fingerprint density at radius 3 is 2.03 bits per heavy atom. The van der Waals surface area contributed by atoms with Gasteiger partial charge in [0.1, 0.15) is 0 Å². The summed E-state index contributed by atoms with van der Waals surface area (Å²) in [5.74, 6) is 0. The Labute approximate surface area is 388 Å². The van der Waals surface area contributed by atoms with Gasteiger partial charge in [0.15, 0.2) is 0 Å².